The number of allylic oxidation sites excluding steroid dienone is 20. The molecule has 3 N–H and O–H groups in total. The Labute approximate surface area is 606 Å². The van der Waals surface area contributed by atoms with Crippen LogP contribution in [0.25, 0.3) is 0 Å². The first-order valence-electron chi connectivity index (χ1n) is 38.8. The first-order chi connectivity index (χ1) is 48.7. The zero-order valence-corrected chi connectivity index (χ0v) is 64.4. The van der Waals surface area contributed by atoms with Crippen LogP contribution >= 0.6 is 15.6 Å². The van der Waals surface area contributed by atoms with Gasteiger partial charge in [-0.3, -0.25) is 37.3 Å². The van der Waals surface area contributed by atoms with Crippen molar-refractivity contribution in [3.8, 4) is 0 Å². The number of hydrogen-bond acceptors (Lipinski definition) is 15. The lowest BCUT2D eigenvalue weighted by Crippen LogP contribution is -2.30. The molecule has 0 fully saturated rings. The van der Waals surface area contributed by atoms with Crippen LogP contribution in [0.2, 0.25) is 0 Å². The van der Waals surface area contributed by atoms with Crippen LogP contribution in [0.4, 0.5) is 0 Å². The van der Waals surface area contributed by atoms with Crippen molar-refractivity contribution in [3.63, 3.8) is 0 Å². The van der Waals surface area contributed by atoms with E-state index in [9.17, 15) is 43.2 Å². The Kier molecular flexibility index (Phi) is 69.5. The van der Waals surface area contributed by atoms with Crippen molar-refractivity contribution in [2.24, 2.45) is 0 Å². The largest absolute Gasteiger partial charge is 0.472 e. The molecule has 0 aliphatic heterocycles. The van der Waals surface area contributed by atoms with Gasteiger partial charge in [0.05, 0.1) is 26.4 Å². The van der Waals surface area contributed by atoms with E-state index in [1.807, 2.05) is 0 Å². The molecule has 0 rings (SSSR count). The second-order valence-corrected chi connectivity index (χ2v) is 28.5. The molecule has 0 aromatic rings. The van der Waals surface area contributed by atoms with Gasteiger partial charge < -0.3 is 33.8 Å². The minimum Gasteiger partial charge on any atom is -0.462 e. The van der Waals surface area contributed by atoms with Gasteiger partial charge in [0, 0.05) is 25.7 Å². The van der Waals surface area contributed by atoms with Crippen LogP contribution in [0.15, 0.2) is 122 Å². The number of carbonyl (C=O) groups is 4. The number of esters is 4. The van der Waals surface area contributed by atoms with Gasteiger partial charge in [-0.1, -0.05) is 252 Å². The first kappa shape index (κ1) is 95.5. The van der Waals surface area contributed by atoms with E-state index in [-0.39, 0.29) is 25.7 Å². The molecule has 0 aliphatic carbocycles. The summed E-state index contributed by atoms with van der Waals surface area (Å²) >= 11 is 0. The molecule has 0 aromatic carbocycles. The number of hydrogen-bond donors (Lipinski definition) is 3. The molecule has 0 amide bonds. The SMILES string of the molecule is CC/C=C\C/C=C\C/C=C\C/C=C\C/C=C\CCCCCC(=O)OCC(COP(=O)(O)OCC(O)COP(=O)(O)OCC(COC(=O)CCCCCCC/C=C\C/C=C\CCCCC)OC(=O)CCCCCCC/C=C\C/C=C\CCCCC)OC(=O)CCCCCCC/C=C\CCCC. The van der Waals surface area contributed by atoms with E-state index in [2.05, 4.69) is 149 Å². The molecule has 5 atom stereocenters. The minimum absolute atomic E-state index is 0.0738. The molecule has 0 radical (unpaired) electrons. The molecule has 0 bridgehead atoms. The maximum Gasteiger partial charge on any atom is 0.472 e. The third-order valence-corrected chi connectivity index (χ3v) is 17.8. The van der Waals surface area contributed by atoms with E-state index in [0.717, 1.165) is 180 Å². The fraction of sp³-hybridized carbons (Fsp3) is 0.704. The predicted molar refractivity (Wildman–Crippen MR) is 408 cm³/mol. The summed E-state index contributed by atoms with van der Waals surface area (Å²) in [5.41, 5.74) is 0. The number of phosphoric ester groups is 2. The monoisotopic (exact) mass is 1440 g/mol. The van der Waals surface area contributed by atoms with Gasteiger partial charge in [-0.05, 0) is 154 Å². The number of aliphatic hydroxyl groups excluding tert-OH is 1. The lowest BCUT2D eigenvalue weighted by atomic mass is 10.1. The van der Waals surface area contributed by atoms with Crippen LogP contribution in [-0.2, 0) is 65.4 Å². The Hall–Kier alpha value is -4.54. The van der Waals surface area contributed by atoms with Gasteiger partial charge in [-0.15, -0.1) is 0 Å². The highest BCUT2D eigenvalue weighted by atomic mass is 31.2. The smallest absolute Gasteiger partial charge is 0.462 e. The minimum atomic E-state index is -4.99. The Morgan fingerprint density at radius 1 is 0.290 bits per heavy atom. The molecular weight excluding hydrogens is 1310 g/mol. The molecule has 0 aliphatic rings. The average molecular weight is 1450 g/mol. The topological polar surface area (TPSA) is 237 Å². The number of carbonyl (C=O) groups excluding carboxylic acids is 4. The Morgan fingerprint density at radius 3 is 0.850 bits per heavy atom. The predicted octanol–water partition coefficient (Wildman–Crippen LogP) is 22.3. The molecule has 574 valence electrons. The zero-order valence-electron chi connectivity index (χ0n) is 62.6. The van der Waals surface area contributed by atoms with Gasteiger partial charge in [0.25, 0.3) is 0 Å². The normalized spacial score (nSPS) is 14.6. The molecule has 100 heavy (non-hydrogen) atoms. The third-order valence-electron chi connectivity index (χ3n) is 15.9. The average Bonchev–Trinajstić information content (AvgIpc) is 0.953. The highest BCUT2D eigenvalue weighted by Gasteiger charge is 2.30. The van der Waals surface area contributed by atoms with Crippen LogP contribution < -0.4 is 0 Å². The van der Waals surface area contributed by atoms with Crippen molar-refractivity contribution < 1.29 is 80.2 Å². The molecule has 0 heterocycles. The molecule has 17 nitrogen and oxygen atoms in total. The maximum absolute atomic E-state index is 13.1. The van der Waals surface area contributed by atoms with Crippen molar-refractivity contribution in [3.05, 3.63) is 122 Å². The van der Waals surface area contributed by atoms with Gasteiger partial charge in [-0.25, -0.2) is 9.13 Å². The van der Waals surface area contributed by atoms with Crippen molar-refractivity contribution in [1.82, 2.24) is 0 Å². The summed E-state index contributed by atoms with van der Waals surface area (Å²) in [7, 11) is -9.97. The molecule has 5 unspecified atom stereocenters. The lowest BCUT2D eigenvalue weighted by molar-refractivity contribution is -0.161. The number of rotatable bonds is 72. The summed E-state index contributed by atoms with van der Waals surface area (Å²) in [6.07, 6.45) is 79.0. The molecule has 0 aromatic heterocycles. The molecule has 0 spiro atoms. The Bertz CT molecular complexity index is 2370. The van der Waals surface area contributed by atoms with E-state index < -0.39 is 97.5 Å². The molecule has 0 saturated heterocycles. The van der Waals surface area contributed by atoms with E-state index in [0.29, 0.717) is 25.7 Å². The fourth-order valence-corrected chi connectivity index (χ4v) is 11.5. The summed E-state index contributed by atoms with van der Waals surface area (Å²) in [5.74, 6) is -2.25. The number of unbranched alkanes of at least 4 members (excludes halogenated alkanes) is 26. The van der Waals surface area contributed by atoms with E-state index in [1.54, 1.807) is 0 Å². The van der Waals surface area contributed by atoms with Crippen molar-refractivity contribution in [1.29, 1.82) is 0 Å². The van der Waals surface area contributed by atoms with Crippen LogP contribution in [0.3, 0.4) is 0 Å². The highest BCUT2D eigenvalue weighted by Crippen LogP contribution is 2.45. The van der Waals surface area contributed by atoms with Crippen LogP contribution in [-0.4, -0.2) is 96.7 Å². The van der Waals surface area contributed by atoms with Crippen LogP contribution in [0.1, 0.15) is 310 Å². The second-order valence-electron chi connectivity index (χ2n) is 25.6. The second kappa shape index (κ2) is 72.8. The summed E-state index contributed by atoms with van der Waals surface area (Å²) < 4.78 is 68.4. The van der Waals surface area contributed by atoms with E-state index >= 15 is 0 Å². The lowest BCUT2D eigenvalue weighted by Gasteiger charge is -2.21. The summed E-state index contributed by atoms with van der Waals surface area (Å²) in [4.78, 5) is 72.9. The maximum atomic E-state index is 13.1. The number of aliphatic hydroxyl groups is 1. The van der Waals surface area contributed by atoms with E-state index in [4.69, 9.17) is 37.0 Å². The summed E-state index contributed by atoms with van der Waals surface area (Å²) in [5, 5.41) is 10.6. The summed E-state index contributed by atoms with van der Waals surface area (Å²) in [6.45, 7) is 4.59. The van der Waals surface area contributed by atoms with Crippen molar-refractivity contribution in [2.75, 3.05) is 39.6 Å². The van der Waals surface area contributed by atoms with Gasteiger partial charge in [0.15, 0.2) is 12.2 Å². The fourth-order valence-electron chi connectivity index (χ4n) is 9.93. The Morgan fingerprint density at radius 2 is 0.530 bits per heavy atom. The van der Waals surface area contributed by atoms with Crippen LogP contribution in [0, 0.1) is 0 Å². The van der Waals surface area contributed by atoms with E-state index in [1.165, 1.54) is 51.4 Å². The number of ether oxygens (including phenoxy) is 4. The van der Waals surface area contributed by atoms with Gasteiger partial charge >= 0.3 is 39.5 Å². The first-order valence-corrected chi connectivity index (χ1v) is 41.8. The zero-order chi connectivity index (χ0) is 73.2. The molecule has 0 saturated carbocycles. The van der Waals surface area contributed by atoms with Crippen molar-refractivity contribution in [2.45, 2.75) is 329 Å². The van der Waals surface area contributed by atoms with Crippen LogP contribution in [0.5, 0.6) is 0 Å². The summed E-state index contributed by atoms with van der Waals surface area (Å²) in [6, 6.07) is 0. The van der Waals surface area contributed by atoms with Gasteiger partial charge in [0.2, 0.25) is 0 Å². The standard InChI is InChI=1S/C81H138O17P2/c1-5-9-13-17-21-25-29-32-35-36-37-38-41-43-47-50-54-58-62-66-79(84)91-71-76(97-80(85)67-63-59-55-51-45-28-24-20-16-12-8-4)73-95-99(87,88)93-69-75(82)70-94-100(89,90)96-74-77(98-81(86)68-64-60-56-52-48-44-40-34-31-27-23-19-15-11-7-3)72-92-78(83)65-61-57-53-49-46-42-39-33-30-26-22-18-14-10-6-2/h9,13,20-27,32-35,37-40,43,47,75-77,82H,5-8,10-12,14-19,28-31,36,41-42,44-46,48-74H2,1-4H3,(H,87,88)(H,89,90)/b13-9-,24-20-,25-21-,26-22-,27-23-,35-32-,38-37-,39-33-,40-34-,47-43-. The third kappa shape index (κ3) is 71.8. The molecule has 19 heteroatoms. The highest BCUT2D eigenvalue weighted by molar-refractivity contribution is 7.47. The number of phosphoric acid groups is 2. The van der Waals surface area contributed by atoms with Gasteiger partial charge in [-0.2, -0.15) is 0 Å². The quantitative estimate of drug-likeness (QED) is 0.0169. The molecular formula is C81H138O17P2. The van der Waals surface area contributed by atoms with Gasteiger partial charge in [0.1, 0.15) is 19.3 Å². The Balaban J connectivity index is 5.37. The van der Waals surface area contributed by atoms with Crippen molar-refractivity contribution >= 4 is 39.5 Å².